The Morgan fingerprint density at radius 3 is 2.41 bits per heavy atom. The Kier molecular flexibility index (Phi) is 4.27. The second-order valence-corrected chi connectivity index (χ2v) is 6.48. The molecule has 0 aliphatic heterocycles. The highest BCUT2D eigenvalue weighted by atomic mass is 16.5. The topological polar surface area (TPSA) is 55.8 Å². The van der Waals surface area contributed by atoms with Gasteiger partial charge in [0.1, 0.15) is 0 Å². The molecule has 2 aliphatic rings. The molecule has 0 heterocycles. The lowest BCUT2D eigenvalue weighted by Gasteiger charge is -2.34. The number of rotatable bonds is 5. The quantitative estimate of drug-likeness (QED) is 0.896. The summed E-state index contributed by atoms with van der Waals surface area (Å²) in [5.74, 6) is 0.657. The van der Waals surface area contributed by atoms with E-state index < -0.39 is 11.4 Å². The van der Waals surface area contributed by atoms with Crippen molar-refractivity contribution in [2.75, 3.05) is 7.11 Å². The first-order valence-electron chi connectivity index (χ1n) is 8.24. The lowest BCUT2D eigenvalue weighted by molar-refractivity contribution is -0.145. The highest BCUT2D eigenvalue weighted by molar-refractivity contribution is 5.82. The molecule has 0 amide bonds. The third kappa shape index (κ3) is 2.67. The van der Waals surface area contributed by atoms with Crippen molar-refractivity contribution in [1.29, 1.82) is 0 Å². The van der Waals surface area contributed by atoms with E-state index in [1.54, 1.807) is 7.11 Å². The molecule has 2 fully saturated rings. The zero-order chi connectivity index (χ0) is 15.6. The van der Waals surface area contributed by atoms with E-state index in [2.05, 4.69) is 0 Å². The zero-order valence-corrected chi connectivity index (χ0v) is 13.1. The van der Waals surface area contributed by atoms with E-state index in [4.69, 9.17) is 9.47 Å². The maximum absolute atomic E-state index is 11.9. The predicted octanol–water partition coefficient (Wildman–Crippen LogP) is 3.91. The number of carboxylic acids is 1. The van der Waals surface area contributed by atoms with Gasteiger partial charge in [0.2, 0.25) is 0 Å². The molecule has 120 valence electrons. The second-order valence-electron chi connectivity index (χ2n) is 6.48. The summed E-state index contributed by atoms with van der Waals surface area (Å²) >= 11 is 0. The van der Waals surface area contributed by atoms with Crippen molar-refractivity contribution in [1.82, 2.24) is 0 Å². The number of aliphatic carboxylic acids is 1. The van der Waals surface area contributed by atoms with Crippen LogP contribution in [0.3, 0.4) is 0 Å². The number of benzene rings is 1. The van der Waals surface area contributed by atoms with E-state index in [1.807, 2.05) is 18.2 Å². The minimum absolute atomic E-state index is 0.280. The van der Waals surface area contributed by atoms with E-state index in [1.165, 1.54) is 6.42 Å². The number of hydrogen-bond acceptors (Lipinski definition) is 3. The third-order valence-electron chi connectivity index (χ3n) is 5.18. The van der Waals surface area contributed by atoms with Gasteiger partial charge in [-0.3, -0.25) is 4.79 Å². The first-order chi connectivity index (χ1) is 10.7. The number of ether oxygens (including phenoxy) is 2. The first-order valence-corrected chi connectivity index (χ1v) is 8.24. The SMILES string of the molecule is COc1cc(C2(C(=O)O)CCCCC2)ccc1OC1CCC1. The van der Waals surface area contributed by atoms with Crippen molar-refractivity contribution in [3.8, 4) is 11.5 Å². The molecule has 1 aromatic carbocycles. The summed E-state index contributed by atoms with van der Waals surface area (Å²) in [5, 5.41) is 9.80. The summed E-state index contributed by atoms with van der Waals surface area (Å²) in [4.78, 5) is 11.9. The molecule has 1 aromatic rings. The fourth-order valence-corrected chi connectivity index (χ4v) is 3.51. The monoisotopic (exact) mass is 304 g/mol. The Hall–Kier alpha value is -1.71. The van der Waals surface area contributed by atoms with Gasteiger partial charge < -0.3 is 14.6 Å². The number of carbonyl (C=O) groups is 1. The lowest BCUT2D eigenvalue weighted by atomic mass is 9.69. The van der Waals surface area contributed by atoms with Crippen molar-refractivity contribution >= 4 is 5.97 Å². The number of hydrogen-bond donors (Lipinski definition) is 1. The van der Waals surface area contributed by atoms with Gasteiger partial charge in [0.15, 0.2) is 11.5 Å². The molecule has 0 radical (unpaired) electrons. The third-order valence-corrected chi connectivity index (χ3v) is 5.18. The Bertz CT molecular complexity index is 542. The largest absolute Gasteiger partial charge is 0.493 e. The van der Waals surface area contributed by atoms with Gasteiger partial charge in [-0.05, 0) is 49.8 Å². The van der Waals surface area contributed by atoms with Crippen molar-refractivity contribution in [2.24, 2.45) is 0 Å². The fourth-order valence-electron chi connectivity index (χ4n) is 3.51. The summed E-state index contributed by atoms with van der Waals surface area (Å²) in [7, 11) is 1.61. The molecule has 0 bridgehead atoms. The van der Waals surface area contributed by atoms with Crippen LogP contribution < -0.4 is 9.47 Å². The average Bonchev–Trinajstić information content (AvgIpc) is 2.51. The van der Waals surface area contributed by atoms with E-state index in [0.717, 1.165) is 43.4 Å². The van der Waals surface area contributed by atoms with Crippen LogP contribution in [0.1, 0.15) is 56.9 Å². The number of carboxylic acid groups (broad SMARTS) is 1. The molecule has 2 aliphatic carbocycles. The van der Waals surface area contributed by atoms with Gasteiger partial charge in [0, 0.05) is 0 Å². The van der Waals surface area contributed by atoms with Crippen LogP contribution in [0.25, 0.3) is 0 Å². The molecule has 0 aromatic heterocycles. The molecule has 22 heavy (non-hydrogen) atoms. The van der Waals surface area contributed by atoms with Crippen molar-refractivity contribution in [2.45, 2.75) is 62.9 Å². The number of methoxy groups -OCH3 is 1. The highest BCUT2D eigenvalue weighted by Gasteiger charge is 2.41. The maximum Gasteiger partial charge on any atom is 0.314 e. The molecule has 0 spiro atoms. The molecule has 0 atom stereocenters. The summed E-state index contributed by atoms with van der Waals surface area (Å²) in [6.07, 6.45) is 8.13. The van der Waals surface area contributed by atoms with Gasteiger partial charge in [-0.1, -0.05) is 25.3 Å². The molecule has 1 N–H and O–H groups in total. The van der Waals surface area contributed by atoms with Gasteiger partial charge in [0.25, 0.3) is 0 Å². The smallest absolute Gasteiger partial charge is 0.314 e. The average molecular weight is 304 g/mol. The van der Waals surface area contributed by atoms with Gasteiger partial charge in [-0.15, -0.1) is 0 Å². The standard InChI is InChI=1S/C18H24O4/c1-21-16-12-13(8-9-15(16)22-14-6-5-7-14)18(17(19)20)10-3-2-4-11-18/h8-9,12,14H,2-7,10-11H2,1H3,(H,19,20). The summed E-state index contributed by atoms with van der Waals surface area (Å²) < 4.78 is 11.4. The summed E-state index contributed by atoms with van der Waals surface area (Å²) in [6, 6.07) is 5.66. The van der Waals surface area contributed by atoms with Crippen LogP contribution in [0, 0.1) is 0 Å². The molecule has 0 saturated heterocycles. The zero-order valence-electron chi connectivity index (χ0n) is 13.1. The van der Waals surface area contributed by atoms with Crippen molar-refractivity contribution in [3.63, 3.8) is 0 Å². The molecule has 4 nitrogen and oxygen atoms in total. The Morgan fingerprint density at radius 1 is 1.14 bits per heavy atom. The fraction of sp³-hybridized carbons (Fsp3) is 0.611. The normalized spacial score (nSPS) is 21.0. The Morgan fingerprint density at radius 2 is 1.86 bits per heavy atom. The van der Waals surface area contributed by atoms with Crippen molar-refractivity contribution in [3.05, 3.63) is 23.8 Å². The minimum atomic E-state index is -0.763. The van der Waals surface area contributed by atoms with Gasteiger partial charge >= 0.3 is 5.97 Å². The summed E-state index contributed by atoms with van der Waals surface area (Å²) in [6.45, 7) is 0. The molecule has 2 saturated carbocycles. The van der Waals surface area contributed by atoms with E-state index in [9.17, 15) is 9.90 Å². The van der Waals surface area contributed by atoms with Gasteiger partial charge in [-0.2, -0.15) is 0 Å². The van der Waals surface area contributed by atoms with Crippen molar-refractivity contribution < 1.29 is 19.4 Å². The first kappa shape index (κ1) is 15.2. The van der Waals surface area contributed by atoms with Crippen LogP contribution >= 0.6 is 0 Å². The predicted molar refractivity (Wildman–Crippen MR) is 83.7 cm³/mol. The molecule has 4 heteroatoms. The lowest BCUT2D eigenvalue weighted by Crippen LogP contribution is -2.37. The summed E-state index contributed by atoms with van der Waals surface area (Å²) in [5.41, 5.74) is 0.0816. The second kappa shape index (κ2) is 6.19. The van der Waals surface area contributed by atoms with Crippen LogP contribution in [0.2, 0.25) is 0 Å². The van der Waals surface area contributed by atoms with Gasteiger partial charge in [-0.25, -0.2) is 0 Å². The molecule has 3 rings (SSSR count). The van der Waals surface area contributed by atoms with E-state index >= 15 is 0 Å². The van der Waals surface area contributed by atoms with E-state index in [0.29, 0.717) is 18.6 Å². The van der Waals surface area contributed by atoms with E-state index in [-0.39, 0.29) is 6.10 Å². The molecule has 0 unspecified atom stereocenters. The molecular formula is C18H24O4. The van der Waals surface area contributed by atoms with Gasteiger partial charge in [0.05, 0.1) is 18.6 Å². The van der Waals surface area contributed by atoms with Crippen LogP contribution in [0.15, 0.2) is 18.2 Å². The maximum atomic E-state index is 11.9. The Labute approximate surface area is 131 Å². The minimum Gasteiger partial charge on any atom is -0.493 e. The van der Waals surface area contributed by atoms with Crippen LogP contribution in [0.4, 0.5) is 0 Å². The highest BCUT2D eigenvalue weighted by Crippen LogP contribution is 2.43. The Balaban J connectivity index is 1.90. The van der Waals surface area contributed by atoms with Crippen LogP contribution in [-0.4, -0.2) is 24.3 Å². The van der Waals surface area contributed by atoms with Crippen LogP contribution in [0.5, 0.6) is 11.5 Å². The van der Waals surface area contributed by atoms with Crippen LogP contribution in [-0.2, 0) is 10.2 Å². The molecular weight excluding hydrogens is 280 g/mol.